The Hall–Kier alpha value is -1.86. The molecule has 28 heavy (non-hydrogen) atoms. The van der Waals surface area contributed by atoms with Crippen LogP contribution in [0.2, 0.25) is 0 Å². The molecule has 3 fully saturated rings. The van der Waals surface area contributed by atoms with E-state index in [1.165, 1.54) is 0 Å². The standard InChI is InChI=1S/C22H24N4S2/c1-11(2)17-7-13-19(15(9-23)25-5)20(16(10-24)26-6)14-8-18(12(3)4)28-22(14)21(13)27-17/h11-14,17-18,21-22H,7-8H2,1-4H3/b19-15-,20-16+. The van der Waals surface area contributed by atoms with Crippen LogP contribution in [0.1, 0.15) is 40.5 Å². The van der Waals surface area contributed by atoms with E-state index >= 15 is 0 Å². The SMILES string of the molecule is [C-]#[N+]/C(C#N)=C1\C(=C(/C#N)[N+]#[C-])C2CC(C(C)C)SC2C2SC(C(C)C)CC12. The zero-order valence-corrected chi connectivity index (χ0v) is 18.3. The Kier molecular flexibility index (Phi) is 6.15. The molecule has 3 aliphatic rings. The van der Waals surface area contributed by atoms with Crippen molar-refractivity contribution in [2.24, 2.45) is 23.7 Å². The Labute approximate surface area is 176 Å². The second kappa shape index (κ2) is 8.25. The molecule has 6 unspecified atom stereocenters. The van der Waals surface area contributed by atoms with Crippen LogP contribution in [0.15, 0.2) is 22.5 Å². The Morgan fingerprint density at radius 1 is 0.857 bits per heavy atom. The van der Waals surface area contributed by atoms with Gasteiger partial charge in [-0.2, -0.15) is 23.5 Å². The predicted molar refractivity (Wildman–Crippen MR) is 115 cm³/mol. The molecule has 2 heterocycles. The highest BCUT2D eigenvalue weighted by Crippen LogP contribution is 2.62. The smallest absolute Gasteiger partial charge is 0.226 e. The maximum atomic E-state index is 9.68. The maximum absolute atomic E-state index is 9.68. The molecule has 6 heteroatoms. The second-order valence-corrected chi connectivity index (χ2v) is 11.3. The Balaban J connectivity index is 2.24. The van der Waals surface area contributed by atoms with Crippen molar-refractivity contribution in [1.82, 2.24) is 0 Å². The van der Waals surface area contributed by atoms with E-state index in [1.54, 1.807) is 0 Å². The largest absolute Gasteiger partial charge is 0.264 e. The average molecular weight is 409 g/mol. The van der Waals surface area contributed by atoms with Crippen molar-refractivity contribution in [3.8, 4) is 12.1 Å². The highest BCUT2D eigenvalue weighted by molar-refractivity contribution is 8.04. The summed E-state index contributed by atoms with van der Waals surface area (Å²) < 4.78 is 0. The van der Waals surface area contributed by atoms with Crippen LogP contribution >= 0.6 is 23.5 Å². The van der Waals surface area contributed by atoms with E-state index in [0.29, 0.717) is 32.8 Å². The first-order chi connectivity index (χ1) is 13.4. The monoisotopic (exact) mass is 408 g/mol. The predicted octanol–water partition coefficient (Wildman–Crippen LogP) is 5.69. The summed E-state index contributed by atoms with van der Waals surface area (Å²) in [5.41, 5.74) is 1.61. The van der Waals surface area contributed by atoms with Crippen molar-refractivity contribution < 1.29 is 0 Å². The van der Waals surface area contributed by atoms with Gasteiger partial charge in [-0.05, 0) is 47.7 Å². The molecule has 0 spiro atoms. The highest BCUT2D eigenvalue weighted by Gasteiger charge is 2.55. The molecule has 0 radical (unpaired) electrons. The molecule has 0 aromatic carbocycles. The van der Waals surface area contributed by atoms with Crippen LogP contribution in [0, 0.1) is 59.5 Å². The minimum Gasteiger partial charge on any atom is -0.226 e. The van der Waals surface area contributed by atoms with E-state index in [0.717, 1.165) is 24.0 Å². The fraction of sp³-hybridized carbons (Fsp3) is 0.636. The number of hydrogen-bond acceptors (Lipinski definition) is 4. The first kappa shape index (κ1) is 20.9. The van der Waals surface area contributed by atoms with Crippen molar-refractivity contribution in [2.75, 3.05) is 0 Å². The first-order valence-corrected chi connectivity index (χ1v) is 11.6. The Morgan fingerprint density at radius 3 is 1.46 bits per heavy atom. The summed E-state index contributed by atoms with van der Waals surface area (Å²) in [6.45, 7) is 24.1. The Bertz CT molecular complexity index is 781. The molecule has 144 valence electrons. The molecule has 1 saturated carbocycles. The number of allylic oxidation sites excluding steroid dienone is 4. The van der Waals surface area contributed by atoms with Gasteiger partial charge in [0.05, 0.1) is 25.3 Å². The molecule has 2 saturated heterocycles. The number of fused-ring (bicyclic) bond motifs is 3. The molecule has 0 N–H and O–H groups in total. The third-order valence-electron chi connectivity index (χ3n) is 6.22. The molecule has 0 amide bonds. The van der Waals surface area contributed by atoms with Gasteiger partial charge in [0.2, 0.25) is 0 Å². The van der Waals surface area contributed by atoms with Crippen LogP contribution in [-0.4, -0.2) is 21.0 Å². The number of nitrogens with zero attached hydrogens (tertiary/aromatic N) is 4. The van der Waals surface area contributed by atoms with Crippen molar-refractivity contribution in [3.05, 3.63) is 45.4 Å². The van der Waals surface area contributed by atoms with E-state index in [-0.39, 0.29) is 23.2 Å². The molecule has 4 nitrogen and oxygen atoms in total. The van der Waals surface area contributed by atoms with Gasteiger partial charge in [-0.1, -0.05) is 27.7 Å². The fourth-order valence-corrected chi connectivity index (χ4v) is 8.83. The number of hydrogen-bond donors (Lipinski definition) is 0. The van der Waals surface area contributed by atoms with Crippen molar-refractivity contribution >= 4 is 23.5 Å². The number of rotatable bonds is 2. The molecule has 0 bridgehead atoms. The quantitative estimate of drug-likeness (QED) is 0.435. The van der Waals surface area contributed by atoms with Gasteiger partial charge in [0.1, 0.15) is 0 Å². The van der Waals surface area contributed by atoms with Gasteiger partial charge in [0.15, 0.2) is 0 Å². The van der Waals surface area contributed by atoms with Gasteiger partial charge in [0.25, 0.3) is 11.4 Å². The molecule has 2 aliphatic heterocycles. The average Bonchev–Trinajstić information content (AvgIpc) is 3.29. The third-order valence-corrected chi connectivity index (χ3v) is 10.4. The summed E-state index contributed by atoms with van der Waals surface area (Å²) >= 11 is 4.03. The van der Waals surface area contributed by atoms with Gasteiger partial charge in [-0.15, -0.1) is 0 Å². The van der Waals surface area contributed by atoms with Gasteiger partial charge in [-0.3, -0.25) is 0 Å². The van der Waals surface area contributed by atoms with Crippen LogP contribution in [0.25, 0.3) is 9.69 Å². The van der Waals surface area contributed by atoms with E-state index in [1.807, 2.05) is 23.5 Å². The minimum atomic E-state index is 0.0842. The first-order valence-electron chi connectivity index (χ1n) is 9.72. The molecule has 0 aromatic heterocycles. The van der Waals surface area contributed by atoms with E-state index < -0.39 is 0 Å². The summed E-state index contributed by atoms with van der Waals surface area (Å²) in [4.78, 5) is 7.07. The summed E-state index contributed by atoms with van der Waals surface area (Å²) in [7, 11) is 0. The summed E-state index contributed by atoms with van der Waals surface area (Å²) in [5, 5.41) is 21.0. The molecule has 6 atom stereocenters. The van der Waals surface area contributed by atoms with Crippen LogP contribution in [0.3, 0.4) is 0 Å². The molecule has 3 rings (SSSR count). The van der Waals surface area contributed by atoms with Gasteiger partial charge in [0, 0.05) is 21.0 Å². The molecular formula is C22H24N4S2. The summed E-state index contributed by atoms with van der Waals surface area (Å²) in [6, 6.07) is 4.18. The second-order valence-electron chi connectivity index (χ2n) is 8.42. The van der Waals surface area contributed by atoms with Gasteiger partial charge >= 0.3 is 0 Å². The zero-order chi connectivity index (χ0) is 20.6. The van der Waals surface area contributed by atoms with E-state index in [2.05, 4.69) is 49.5 Å². The third kappa shape index (κ3) is 3.35. The van der Waals surface area contributed by atoms with Crippen molar-refractivity contribution in [3.63, 3.8) is 0 Å². The van der Waals surface area contributed by atoms with Crippen molar-refractivity contribution in [2.45, 2.75) is 61.5 Å². The number of nitriles is 2. The summed E-state index contributed by atoms with van der Waals surface area (Å²) in [5.74, 6) is 1.21. The summed E-state index contributed by atoms with van der Waals surface area (Å²) in [6.07, 6.45) is 1.83. The fourth-order valence-electron chi connectivity index (χ4n) is 4.81. The lowest BCUT2D eigenvalue weighted by Gasteiger charge is -2.39. The van der Waals surface area contributed by atoms with E-state index in [9.17, 15) is 10.5 Å². The number of thioether (sulfide) groups is 2. The molecule has 1 aliphatic carbocycles. The van der Waals surface area contributed by atoms with Gasteiger partial charge < -0.3 is 0 Å². The van der Waals surface area contributed by atoms with Crippen LogP contribution < -0.4 is 0 Å². The van der Waals surface area contributed by atoms with Crippen LogP contribution in [0.4, 0.5) is 0 Å². The van der Waals surface area contributed by atoms with Crippen molar-refractivity contribution in [1.29, 1.82) is 10.5 Å². The normalized spacial score (nSPS) is 37.4. The Morgan fingerprint density at radius 2 is 1.21 bits per heavy atom. The minimum absolute atomic E-state index is 0.0842. The lowest BCUT2D eigenvalue weighted by atomic mass is 9.69. The topological polar surface area (TPSA) is 56.3 Å². The van der Waals surface area contributed by atoms with Crippen LogP contribution in [-0.2, 0) is 0 Å². The van der Waals surface area contributed by atoms with Crippen LogP contribution in [0.5, 0.6) is 0 Å². The molecular weight excluding hydrogens is 384 g/mol. The molecule has 0 aromatic rings. The highest BCUT2D eigenvalue weighted by atomic mass is 32.2. The zero-order valence-electron chi connectivity index (χ0n) is 16.6. The van der Waals surface area contributed by atoms with E-state index in [4.69, 9.17) is 13.1 Å². The lowest BCUT2D eigenvalue weighted by Crippen LogP contribution is -2.38. The van der Waals surface area contributed by atoms with Gasteiger partial charge in [-0.25, -0.2) is 20.2 Å². The lowest BCUT2D eigenvalue weighted by molar-refractivity contribution is 0.411. The maximum Gasteiger partial charge on any atom is 0.264 e.